The van der Waals surface area contributed by atoms with E-state index < -0.39 is 35.0 Å². The molecule has 216 valence electrons. The molecule has 4 aromatic rings. The van der Waals surface area contributed by atoms with Gasteiger partial charge in [0.15, 0.2) is 0 Å². The standard InChI is InChI=1S/C29H16F6N2O2.CH6N2/c30-26-14-20(5-11-24(26)28(32,33)38-22-7-1-18(16-36)2-8-22)13-21-6-12-25(27(31)15-21)29(34,35)39-23-9-3-19(17-37)4-10-23;2-1-3/h1-12,14-15H,13H2;1-3H2. The maximum Gasteiger partial charge on any atom is 0.429 e. The molecular formula is C30H22F6N4O2. The fourth-order valence-corrected chi connectivity index (χ4v) is 3.65. The Morgan fingerprint density at radius 3 is 1.21 bits per heavy atom. The lowest BCUT2D eigenvalue weighted by atomic mass is 10.0. The summed E-state index contributed by atoms with van der Waals surface area (Å²) in [5.41, 5.74) is 7.98. The monoisotopic (exact) mass is 584 g/mol. The van der Waals surface area contributed by atoms with Gasteiger partial charge in [-0.1, -0.05) is 12.1 Å². The Balaban J connectivity index is 0.00000155. The quantitative estimate of drug-likeness (QED) is 0.182. The van der Waals surface area contributed by atoms with Crippen LogP contribution in [-0.4, -0.2) is 6.67 Å². The van der Waals surface area contributed by atoms with E-state index in [-0.39, 0.29) is 46.8 Å². The summed E-state index contributed by atoms with van der Waals surface area (Å²) in [6.07, 6.45) is -8.21. The Morgan fingerprint density at radius 1 is 0.595 bits per heavy atom. The number of nitrogens with two attached hydrogens (primary N) is 2. The van der Waals surface area contributed by atoms with Crippen molar-refractivity contribution in [3.63, 3.8) is 0 Å². The predicted molar refractivity (Wildman–Crippen MR) is 140 cm³/mol. The lowest BCUT2D eigenvalue weighted by molar-refractivity contribution is -0.188. The SMILES string of the molecule is N#Cc1ccc(OC(F)(F)c2ccc(Cc3ccc(C(F)(F)Oc4ccc(C#N)cc4)c(F)c3)cc2F)cc1.NCN. The third-order valence-corrected chi connectivity index (χ3v) is 5.56. The molecule has 0 aliphatic rings. The largest absolute Gasteiger partial charge is 0.429 e. The molecule has 6 nitrogen and oxygen atoms in total. The Labute approximate surface area is 236 Å². The van der Waals surface area contributed by atoms with Crippen LogP contribution in [0.3, 0.4) is 0 Å². The summed E-state index contributed by atoms with van der Waals surface area (Å²) < 4.78 is 96.7. The van der Waals surface area contributed by atoms with Crippen LogP contribution in [0, 0.1) is 34.3 Å². The zero-order chi connectivity index (χ0) is 30.9. The summed E-state index contributed by atoms with van der Waals surface area (Å²) >= 11 is 0. The summed E-state index contributed by atoms with van der Waals surface area (Å²) in [6, 6.07) is 19.0. The van der Waals surface area contributed by atoms with Crippen LogP contribution in [0.4, 0.5) is 26.3 Å². The summed E-state index contributed by atoms with van der Waals surface area (Å²) in [5, 5.41) is 17.6. The zero-order valence-electron chi connectivity index (χ0n) is 21.6. The van der Waals surface area contributed by atoms with Gasteiger partial charge in [-0.15, -0.1) is 0 Å². The number of hydrogen-bond acceptors (Lipinski definition) is 6. The smallest absolute Gasteiger partial charge is 0.429 e. The van der Waals surface area contributed by atoms with Crippen LogP contribution >= 0.6 is 0 Å². The summed E-state index contributed by atoms with van der Waals surface area (Å²) in [6.45, 7) is 0.250. The first-order valence-corrected chi connectivity index (χ1v) is 12.0. The number of halogens is 6. The van der Waals surface area contributed by atoms with E-state index in [4.69, 9.17) is 10.5 Å². The molecule has 0 saturated carbocycles. The number of nitrogens with zero attached hydrogens (tertiary/aromatic N) is 2. The number of rotatable bonds is 8. The Hall–Kier alpha value is -5.04. The summed E-state index contributed by atoms with van der Waals surface area (Å²) in [4.78, 5) is 0. The van der Waals surface area contributed by atoms with Gasteiger partial charge in [0.25, 0.3) is 0 Å². The highest BCUT2D eigenvalue weighted by Crippen LogP contribution is 2.35. The third kappa shape index (κ3) is 8.01. The van der Waals surface area contributed by atoms with Crippen LogP contribution in [0.5, 0.6) is 11.5 Å². The second-order valence-electron chi connectivity index (χ2n) is 8.55. The van der Waals surface area contributed by atoms with Gasteiger partial charge in [0, 0.05) is 6.67 Å². The molecule has 0 aliphatic carbocycles. The molecule has 4 aromatic carbocycles. The molecular weight excluding hydrogens is 562 g/mol. The van der Waals surface area contributed by atoms with E-state index in [0.717, 1.165) is 48.5 Å². The summed E-state index contributed by atoms with van der Waals surface area (Å²) in [5.74, 6) is -3.13. The van der Waals surface area contributed by atoms with Gasteiger partial charge in [0.05, 0.1) is 34.4 Å². The van der Waals surface area contributed by atoms with Crippen LogP contribution in [-0.2, 0) is 18.6 Å². The van der Waals surface area contributed by atoms with E-state index in [1.54, 1.807) is 0 Å². The van der Waals surface area contributed by atoms with Crippen LogP contribution in [0.15, 0.2) is 84.9 Å². The van der Waals surface area contributed by atoms with E-state index >= 15 is 0 Å². The van der Waals surface area contributed by atoms with Gasteiger partial charge in [-0.3, -0.25) is 0 Å². The van der Waals surface area contributed by atoms with Crippen molar-refractivity contribution in [2.45, 2.75) is 18.6 Å². The van der Waals surface area contributed by atoms with Gasteiger partial charge in [-0.2, -0.15) is 28.1 Å². The van der Waals surface area contributed by atoms with Gasteiger partial charge >= 0.3 is 12.2 Å². The number of nitriles is 2. The van der Waals surface area contributed by atoms with Crippen molar-refractivity contribution in [2.75, 3.05) is 6.67 Å². The highest BCUT2D eigenvalue weighted by Gasteiger charge is 2.39. The van der Waals surface area contributed by atoms with Gasteiger partial charge in [0.1, 0.15) is 23.1 Å². The minimum absolute atomic E-state index is 0.140. The molecule has 0 aliphatic heterocycles. The minimum Gasteiger partial charge on any atom is -0.429 e. The molecule has 0 saturated heterocycles. The number of benzene rings is 4. The first-order chi connectivity index (χ1) is 19.9. The first kappa shape index (κ1) is 31.5. The Morgan fingerprint density at radius 2 is 0.929 bits per heavy atom. The van der Waals surface area contributed by atoms with Crippen LogP contribution in [0.1, 0.15) is 33.4 Å². The molecule has 0 atom stereocenters. The molecule has 12 heteroatoms. The number of ether oxygens (including phenoxy) is 2. The maximum atomic E-state index is 14.6. The first-order valence-electron chi connectivity index (χ1n) is 12.0. The van der Waals surface area contributed by atoms with E-state index in [1.807, 2.05) is 12.1 Å². The van der Waals surface area contributed by atoms with Gasteiger partial charge in [-0.05, 0) is 90.3 Å². The molecule has 4 rings (SSSR count). The average molecular weight is 585 g/mol. The fourth-order valence-electron chi connectivity index (χ4n) is 3.65. The van der Waals surface area contributed by atoms with Crippen molar-refractivity contribution in [3.05, 3.63) is 130 Å². The lowest BCUT2D eigenvalue weighted by Crippen LogP contribution is -2.23. The highest BCUT2D eigenvalue weighted by molar-refractivity contribution is 5.38. The van der Waals surface area contributed by atoms with Crippen molar-refractivity contribution < 1.29 is 35.8 Å². The van der Waals surface area contributed by atoms with E-state index in [0.29, 0.717) is 0 Å². The Bertz CT molecular complexity index is 1480. The molecule has 0 unspecified atom stereocenters. The third-order valence-electron chi connectivity index (χ3n) is 5.56. The molecule has 4 N–H and O–H groups in total. The van der Waals surface area contributed by atoms with Crippen LogP contribution in [0.2, 0.25) is 0 Å². The van der Waals surface area contributed by atoms with Crippen LogP contribution in [0.25, 0.3) is 0 Å². The van der Waals surface area contributed by atoms with E-state index in [2.05, 4.69) is 20.9 Å². The van der Waals surface area contributed by atoms with Crippen LogP contribution < -0.4 is 20.9 Å². The molecule has 0 aromatic heterocycles. The fraction of sp³-hybridized carbons (Fsp3) is 0.133. The normalized spacial score (nSPS) is 11.0. The van der Waals surface area contributed by atoms with Gasteiger partial charge < -0.3 is 20.9 Å². The minimum atomic E-state index is -4.04. The average Bonchev–Trinajstić information content (AvgIpc) is 2.94. The van der Waals surface area contributed by atoms with Crippen molar-refractivity contribution in [1.82, 2.24) is 0 Å². The van der Waals surface area contributed by atoms with Crippen molar-refractivity contribution in [1.29, 1.82) is 10.5 Å². The maximum absolute atomic E-state index is 14.6. The number of hydrogen-bond donors (Lipinski definition) is 2. The number of alkyl halides is 4. The second-order valence-corrected chi connectivity index (χ2v) is 8.55. The molecule has 0 spiro atoms. The predicted octanol–water partition coefficient (Wildman–Crippen LogP) is 6.42. The molecule has 0 fully saturated rings. The molecule has 0 radical (unpaired) electrons. The van der Waals surface area contributed by atoms with E-state index in [1.165, 1.54) is 36.4 Å². The molecule has 0 bridgehead atoms. The molecule has 0 heterocycles. The highest BCUT2D eigenvalue weighted by atomic mass is 19.3. The topological polar surface area (TPSA) is 118 Å². The van der Waals surface area contributed by atoms with Crippen molar-refractivity contribution in [2.24, 2.45) is 11.5 Å². The van der Waals surface area contributed by atoms with E-state index in [9.17, 15) is 26.3 Å². The lowest BCUT2D eigenvalue weighted by Gasteiger charge is -2.20. The second kappa shape index (κ2) is 13.5. The zero-order valence-corrected chi connectivity index (χ0v) is 21.6. The van der Waals surface area contributed by atoms with Crippen molar-refractivity contribution in [3.8, 4) is 23.6 Å². The molecule has 0 amide bonds. The summed E-state index contributed by atoms with van der Waals surface area (Å²) in [7, 11) is 0. The molecule has 42 heavy (non-hydrogen) atoms. The van der Waals surface area contributed by atoms with Gasteiger partial charge in [0.2, 0.25) is 0 Å². The van der Waals surface area contributed by atoms with Gasteiger partial charge in [-0.25, -0.2) is 8.78 Å². The Kier molecular flexibility index (Phi) is 10.2. The van der Waals surface area contributed by atoms with Crippen molar-refractivity contribution >= 4 is 0 Å².